The smallest absolute Gasteiger partial charge is 0.341 e. The summed E-state index contributed by atoms with van der Waals surface area (Å²) < 4.78 is 4.86. The molecule has 0 saturated carbocycles. The molecular formula is C20H32Cl3NO3. The lowest BCUT2D eigenvalue weighted by Crippen LogP contribution is -2.09. The average molecular weight is 441 g/mol. The van der Waals surface area contributed by atoms with Gasteiger partial charge in [0.2, 0.25) is 0 Å². The molecule has 0 bridgehead atoms. The fourth-order valence-electron chi connectivity index (χ4n) is 2.39. The van der Waals surface area contributed by atoms with Crippen LogP contribution in [-0.2, 0) is 4.79 Å². The molecule has 0 spiro atoms. The van der Waals surface area contributed by atoms with Gasteiger partial charge in [-0.25, -0.2) is 4.79 Å². The van der Waals surface area contributed by atoms with Gasteiger partial charge in [0.1, 0.15) is 5.75 Å². The Morgan fingerprint density at radius 2 is 1.37 bits per heavy atom. The maximum absolute atomic E-state index is 10.2. The molecule has 0 amide bonds. The minimum atomic E-state index is -1.09. The van der Waals surface area contributed by atoms with Crippen LogP contribution in [0, 0.1) is 0 Å². The van der Waals surface area contributed by atoms with E-state index in [0.29, 0.717) is 5.02 Å². The fraction of sp³-hybridized carbons (Fsp3) is 0.650. The number of rotatable bonds is 13. The standard InChI is InChI=1S/C12H27N.C8H5Cl3O3/c1-2-3-4-5-6-7-8-9-10-11-12-13;9-4-1-6(11)7(2-5(4)10)14-3-8(12)13/h2-13H2,1H3;1-2H,3H2,(H,12,13). The summed E-state index contributed by atoms with van der Waals surface area (Å²) in [7, 11) is 0. The topological polar surface area (TPSA) is 72.6 Å². The second-order valence-electron chi connectivity index (χ2n) is 6.35. The summed E-state index contributed by atoms with van der Waals surface area (Å²) in [5.74, 6) is -0.893. The Hall–Kier alpha value is -0.680. The van der Waals surface area contributed by atoms with E-state index in [1.165, 1.54) is 76.3 Å². The van der Waals surface area contributed by atoms with E-state index in [0.717, 1.165) is 6.54 Å². The zero-order chi connectivity index (χ0) is 20.5. The van der Waals surface area contributed by atoms with Gasteiger partial charge in [0, 0.05) is 6.07 Å². The molecular weight excluding hydrogens is 409 g/mol. The molecule has 4 nitrogen and oxygen atoms in total. The van der Waals surface area contributed by atoms with Gasteiger partial charge in [0.05, 0.1) is 15.1 Å². The number of carboxylic acids is 1. The Morgan fingerprint density at radius 1 is 0.889 bits per heavy atom. The fourth-order valence-corrected chi connectivity index (χ4v) is 2.98. The van der Waals surface area contributed by atoms with Gasteiger partial charge in [0.15, 0.2) is 6.61 Å². The SMILES string of the molecule is CCCCCCCCCCCCN.O=C(O)COc1cc(Cl)c(Cl)cc1Cl. The highest BCUT2D eigenvalue weighted by molar-refractivity contribution is 6.43. The van der Waals surface area contributed by atoms with E-state index in [-0.39, 0.29) is 15.8 Å². The van der Waals surface area contributed by atoms with Gasteiger partial charge < -0.3 is 15.6 Å². The molecule has 0 atom stereocenters. The minimum absolute atomic E-state index is 0.198. The molecule has 0 aliphatic heterocycles. The molecule has 0 saturated heterocycles. The Morgan fingerprint density at radius 3 is 1.85 bits per heavy atom. The lowest BCUT2D eigenvalue weighted by atomic mass is 10.1. The van der Waals surface area contributed by atoms with Crippen LogP contribution in [0.15, 0.2) is 12.1 Å². The third-order valence-electron chi connectivity index (χ3n) is 3.88. The normalized spacial score (nSPS) is 10.3. The number of aliphatic carboxylic acids is 1. The van der Waals surface area contributed by atoms with Crippen LogP contribution < -0.4 is 10.5 Å². The molecule has 7 heteroatoms. The number of hydrogen-bond donors (Lipinski definition) is 2. The van der Waals surface area contributed by atoms with Crippen LogP contribution in [0.5, 0.6) is 5.75 Å². The van der Waals surface area contributed by atoms with Crippen molar-refractivity contribution in [1.29, 1.82) is 0 Å². The summed E-state index contributed by atoms with van der Waals surface area (Å²) in [6.45, 7) is 2.67. The zero-order valence-corrected chi connectivity index (χ0v) is 18.4. The molecule has 0 unspecified atom stereocenters. The quantitative estimate of drug-likeness (QED) is 0.256. The molecule has 1 aromatic carbocycles. The molecule has 0 heterocycles. The van der Waals surface area contributed by atoms with Crippen LogP contribution in [0.3, 0.4) is 0 Å². The highest BCUT2D eigenvalue weighted by Crippen LogP contribution is 2.33. The van der Waals surface area contributed by atoms with Gasteiger partial charge in [-0.15, -0.1) is 0 Å². The van der Waals surface area contributed by atoms with E-state index >= 15 is 0 Å². The maximum Gasteiger partial charge on any atom is 0.341 e. The Bertz CT molecular complexity index is 517. The second-order valence-corrected chi connectivity index (χ2v) is 7.57. The van der Waals surface area contributed by atoms with E-state index in [1.807, 2.05) is 0 Å². The van der Waals surface area contributed by atoms with Crippen LogP contribution in [0.25, 0.3) is 0 Å². The first-order chi connectivity index (χ1) is 12.9. The highest BCUT2D eigenvalue weighted by atomic mass is 35.5. The zero-order valence-electron chi connectivity index (χ0n) is 16.1. The first kappa shape index (κ1) is 26.3. The molecule has 1 rings (SSSR count). The number of carboxylic acid groups (broad SMARTS) is 1. The van der Waals surface area contributed by atoms with Crippen molar-refractivity contribution in [2.75, 3.05) is 13.2 Å². The van der Waals surface area contributed by atoms with Gasteiger partial charge in [-0.05, 0) is 19.0 Å². The van der Waals surface area contributed by atoms with E-state index in [9.17, 15) is 4.79 Å². The number of nitrogens with two attached hydrogens (primary N) is 1. The number of ether oxygens (including phenoxy) is 1. The van der Waals surface area contributed by atoms with Crippen molar-refractivity contribution in [2.45, 2.75) is 71.1 Å². The molecule has 0 aliphatic rings. The highest BCUT2D eigenvalue weighted by Gasteiger charge is 2.08. The molecule has 0 aromatic heterocycles. The van der Waals surface area contributed by atoms with Gasteiger partial charge in [-0.3, -0.25) is 0 Å². The van der Waals surface area contributed by atoms with Crippen LogP contribution >= 0.6 is 34.8 Å². The molecule has 0 aliphatic carbocycles. The van der Waals surface area contributed by atoms with Crippen molar-refractivity contribution in [3.8, 4) is 5.75 Å². The molecule has 0 fully saturated rings. The molecule has 0 radical (unpaired) electrons. The van der Waals surface area contributed by atoms with Crippen molar-refractivity contribution in [3.63, 3.8) is 0 Å². The van der Waals surface area contributed by atoms with Gasteiger partial charge >= 0.3 is 5.97 Å². The van der Waals surface area contributed by atoms with Crippen LogP contribution in [0.2, 0.25) is 15.1 Å². The molecule has 156 valence electrons. The Balaban J connectivity index is 0.000000503. The summed E-state index contributed by atoms with van der Waals surface area (Å²) in [4.78, 5) is 10.2. The number of halogens is 3. The van der Waals surface area contributed by atoms with Crippen molar-refractivity contribution in [3.05, 3.63) is 27.2 Å². The third kappa shape index (κ3) is 15.0. The van der Waals surface area contributed by atoms with Crippen molar-refractivity contribution in [2.24, 2.45) is 5.73 Å². The van der Waals surface area contributed by atoms with Crippen LogP contribution in [-0.4, -0.2) is 24.2 Å². The van der Waals surface area contributed by atoms with Crippen molar-refractivity contribution < 1.29 is 14.6 Å². The molecule has 3 N–H and O–H groups in total. The number of unbranched alkanes of at least 4 members (excludes halogenated alkanes) is 9. The monoisotopic (exact) mass is 439 g/mol. The van der Waals surface area contributed by atoms with Crippen LogP contribution in [0.1, 0.15) is 71.1 Å². The summed E-state index contributed by atoms with van der Waals surface area (Å²) in [5, 5.41) is 9.14. The molecule has 27 heavy (non-hydrogen) atoms. The summed E-state index contributed by atoms with van der Waals surface area (Å²) in [6.07, 6.45) is 13.9. The number of carbonyl (C=O) groups is 1. The van der Waals surface area contributed by atoms with E-state index in [1.54, 1.807) is 0 Å². The largest absolute Gasteiger partial charge is 0.480 e. The molecule has 1 aromatic rings. The number of benzene rings is 1. The predicted molar refractivity (Wildman–Crippen MR) is 116 cm³/mol. The van der Waals surface area contributed by atoms with Crippen molar-refractivity contribution in [1.82, 2.24) is 0 Å². The predicted octanol–water partition coefficient (Wildman–Crippen LogP) is 6.98. The first-order valence-corrected chi connectivity index (χ1v) is 10.7. The second kappa shape index (κ2) is 17.4. The summed E-state index contributed by atoms with van der Waals surface area (Å²) in [5.41, 5.74) is 5.42. The van der Waals surface area contributed by atoms with Crippen LogP contribution in [0.4, 0.5) is 0 Å². The lowest BCUT2D eigenvalue weighted by Gasteiger charge is -2.06. The van der Waals surface area contributed by atoms with E-state index < -0.39 is 12.6 Å². The minimum Gasteiger partial charge on any atom is -0.480 e. The lowest BCUT2D eigenvalue weighted by molar-refractivity contribution is -0.139. The van der Waals surface area contributed by atoms with Crippen molar-refractivity contribution >= 4 is 40.8 Å². The Kier molecular flexibility index (Phi) is 17.0. The third-order valence-corrected chi connectivity index (χ3v) is 4.90. The summed E-state index contributed by atoms with van der Waals surface area (Å²) in [6, 6.07) is 2.76. The Labute approximate surface area is 178 Å². The van der Waals surface area contributed by atoms with E-state index in [4.69, 9.17) is 50.4 Å². The van der Waals surface area contributed by atoms with Gasteiger partial charge in [-0.1, -0.05) is 99.5 Å². The maximum atomic E-state index is 10.2. The van der Waals surface area contributed by atoms with E-state index in [2.05, 4.69) is 6.92 Å². The van der Waals surface area contributed by atoms with Gasteiger partial charge in [-0.2, -0.15) is 0 Å². The first-order valence-electron chi connectivity index (χ1n) is 9.61. The summed E-state index contributed by atoms with van der Waals surface area (Å²) >= 11 is 17.1. The average Bonchev–Trinajstić information content (AvgIpc) is 2.63. The van der Waals surface area contributed by atoms with Gasteiger partial charge in [0.25, 0.3) is 0 Å². The number of hydrogen-bond acceptors (Lipinski definition) is 3.